The number of rotatable bonds is 7. The van der Waals surface area contributed by atoms with Crippen LogP contribution in [0.4, 0.5) is 11.4 Å². The summed E-state index contributed by atoms with van der Waals surface area (Å²) < 4.78 is 28.8. The number of nitrogens with one attached hydrogen (secondary N) is 1. The molecular formula is C23H23BrN2O3S. The van der Waals surface area contributed by atoms with E-state index in [1.54, 1.807) is 42.5 Å². The Bertz CT molecular complexity index is 1130. The Hall–Kier alpha value is -2.64. The quantitative estimate of drug-likeness (QED) is 0.493. The van der Waals surface area contributed by atoms with Crippen molar-refractivity contribution in [2.45, 2.75) is 25.2 Å². The number of hydrogen-bond donors (Lipinski definition) is 1. The van der Waals surface area contributed by atoms with Gasteiger partial charge in [-0.3, -0.25) is 9.10 Å². The fraction of sp³-hybridized carbons (Fsp3) is 0.174. The lowest BCUT2D eigenvalue weighted by Gasteiger charge is -2.24. The van der Waals surface area contributed by atoms with Crippen molar-refractivity contribution < 1.29 is 13.2 Å². The topological polar surface area (TPSA) is 66.5 Å². The van der Waals surface area contributed by atoms with E-state index in [2.05, 4.69) is 21.2 Å². The molecule has 156 valence electrons. The van der Waals surface area contributed by atoms with Crippen LogP contribution in [0.1, 0.15) is 17.5 Å². The lowest BCUT2D eigenvalue weighted by atomic mass is 10.2. The van der Waals surface area contributed by atoms with E-state index < -0.39 is 10.0 Å². The third-order valence-electron chi connectivity index (χ3n) is 4.66. The number of nitrogens with zero attached hydrogens (tertiary/aromatic N) is 1. The molecule has 0 atom stereocenters. The summed E-state index contributed by atoms with van der Waals surface area (Å²) in [7, 11) is -3.80. The van der Waals surface area contributed by atoms with E-state index >= 15 is 0 Å². The summed E-state index contributed by atoms with van der Waals surface area (Å²) in [6.07, 6.45) is 0.0233. The van der Waals surface area contributed by atoms with Gasteiger partial charge in [-0.15, -0.1) is 0 Å². The summed E-state index contributed by atoms with van der Waals surface area (Å²) in [4.78, 5) is 12.7. The molecule has 3 aromatic carbocycles. The van der Waals surface area contributed by atoms with Gasteiger partial charge < -0.3 is 5.32 Å². The molecule has 0 heterocycles. The number of carbonyl (C=O) groups excluding carboxylic acids is 1. The second-order valence-electron chi connectivity index (χ2n) is 6.98. The lowest BCUT2D eigenvalue weighted by molar-refractivity contribution is -0.116. The predicted molar refractivity (Wildman–Crippen MR) is 124 cm³/mol. The van der Waals surface area contributed by atoms with Crippen LogP contribution in [-0.4, -0.2) is 20.9 Å². The lowest BCUT2D eigenvalue weighted by Crippen LogP contribution is -2.34. The summed E-state index contributed by atoms with van der Waals surface area (Å²) >= 11 is 3.40. The first-order valence-corrected chi connectivity index (χ1v) is 11.7. The molecule has 1 amide bonds. The van der Waals surface area contributed by atoms with Crippen molar-refractivity contribution in [3.05, 3.63) is 88.4 Å². The normalized spacial score (nSPS) is 11.2. The number of sulfonamides is 1. The van der Waals surface area contributed by atoms with Crippen molar-refractivity contribution >= 4 is 43.2 Å². The fourth-order valence-corrected chi connectivity index (χ4v) is 4.96. The zero-order chi connectivity index (χ0) is 21.7. The SMILES string of the molecule is Cc1ccc(N(CCC(=O)Nc2ccc(Br)cc2C)S(=O)(=O)c2ccccc2)cc1. The van der Waals surface area contributed by atoms with Crippen molar-refractivity contribution in [1.82, 2.24) is 0 Å². The highest BCUT2D eigenvalue weighted by molar-refractivity contribution is 9.10. The van der Waals surface area contributed by atoms with Gasteiger partial charge in [-0.2, -0.15) is 0 Å². The van der Waals surface area contributed by atoms with Gasteiger partial charge in [0.25, 0.3) is 10.0 Å². The summed E-state index contributed by atoms with van der Waals surface area (Å²) in [6.45, 7) is 3.87. The van der Waals surface area contributed by atoms with Gasteiger partial charge in [0.15, 0.2) is 0 Å². The zero-order valence-corrected chi connectivity index (χ0v) is 19.2. The molecule has 0 bridgehead atoms. The van der Waals surface area contributed by atoms with E-state index in [9.17, 15) is 13.2 Å². The van der Waals surface area contributed by atoms with Crippen LogP contribution in [-0.2, 0) is 14.8 Å². The minimum Gasteiger partial charge on any atom is -0.326 e. The van der Waals surface area contributed by atoms with Gasteiger partial charge in [-0.05, 0) is 61.9 Å². The van der Waals surface area contributed by atoms with E-state index in [4.69, 9.17) is 0 Å². The second kappa shape index (κ2) is 9.45. The standard InChI is InChI=1S/C23H23BrN2O3S/c1-17-8-11-20(12-9-17)26(30(28,29)21-6-4-3-5-7-21)15-14-23(27)25-22-13-10-19(24)16-18(22)2/h3-13,16H,14-15H2,1-2H3,(H,25,27). The molecule has 0 saturated carbocycles. The number of hydrogen-bond acceptors (Lipinski definition) is 3. The van der Waals surface area contributed by atoms with Gasteiger partial charge in [0.1, 0.15) is 0 Å². The molecule has 0 aliphatic heterocycles. The van der Waals surface area contributed by atoms with Gasteiger partial charge in [-0.1, -0.05) is 51.8 Å². The van der Waals surface area contributed by atoms with Crippen LogP contribution in [0.15, 0.2) is 82.2 Å². The van der Waals surface area contributed by atoms with E-state index in [-0.39, 0.29) is 23.8 Å². The van der Waals surface area contributed by atoms with E-state index in [0.29, 0.717) is 11.4 Å². The maximum atomic E-state index is 13.3. The molecule has 5 nitrogen and oxygen atoms in total. The highest BCUT2D eigenvalue weighted by Gasteiger charge is 2.25. The highest BCUT2D eigenvalue weighted by Crippen LogP contribution is 2.25. The van der Waals surface area contributed by atoms with Gasteiger partial charge in [0.2, 0.25) is 5.91 Å². The van der Waals surface area contributed by atoms with Crippen molar-refractivity contribution in [1.29, 1.82) is 0 Å². The molecule has 0 radical (unpaired) electrons. The average molecular weight is 487 g/mol. The molecule has 0 spiro atoms. The van der Waals surface area contributed by atoms with Gasteiger partial charge >= 0.3 is 0 Å². The molecule has 0 fully saturated rings. The first-order valence-electron chi connectivity index (χ1n) is 9.48. The summed E-state index contributed by atoms with van der Waals surface area (Å²) in [5.41, 5.74) is 3.18. The largest absolute Gasteiger partial charge is 0.326 e. The first-order chi connectivity index (χ1) is 14.3. The van der Waals surface area contributed by atoms with Crippen molar-refractivity contribution in [3.63, 3.8) is 0 Å². The van der Waals surface area contributed by atoms with Crippen LogP contribution in [0.5, 0.6) is 0 Å². The van der Waals surface area contributed by atoms with Gasteiger partial charge in [0.05, 0.1) is 10.6 Å². The molecule has 0 saturated heterocycles. The molecule has 0 unspecified atom stereocenters. The van der Waals surface area contributed by atoms with Crippen LogP contribution in [0.2, 0.25) is 0 Å². The Labute approximate surface area is 185 Å². The Balaban J connectivity index is 1.82. The molecule has 30 heavy (non-hydrogen) atoms. The fourth-order valence-electron chi connectivity index (χ4n) is 3.00. The maximum absolute atomic E-state index is 13.3. The predicted octanol–water partition coefficient (Wildman–Crippen LogP) is 5.29. The maximum Gasteiger partial charge on any atom is 0.264 e. The minimum atomic E-state index is -3.80. The third-order valence-corrected chi connectivity index (χ3v) is 6.99. The van der Waals surface area contributed by atoms with Crippen LogP contribution in [0, 0.1) is 13.8 Å². The van der Waals surface area contributed by atoms with Crippen LogP contribution in [0.25, 0.3) is 0 Å². The van der Waals surface area contributed by atoms with E-state index in [0.717, 1.165) is 15.6 Å². The molecule has 0 aliphatic rings. The van der Waals surface area contributed by atoms with E-state index in [1.165, 1.54) is 4.31 Å². The van der Waals surface area contributed by atoms with Crippen LogP contribution in [0.3, 0.4) is 0 Å². The van der Waals surface area contributed by atoms with Crippen molar-refractivity contribution in [2.75, 3.05) is 16.2 Å². The minimum absolute atomic E-state index is 0.0233. The summed E-state index contributed by atoms with van der Waals surface area (Å²) in [5.74, 6) is -0.249. The molecule has 7 heteroatoms. The molecular weight excluding hydrogens is 464 g/mol. The number of aryl methyl sites for hydroxylation is 2. The second-order valence-corrected chi connectivity index (χ2v) is 9.76. The Morgan fingerprint density at radius 1 is 0.967 bits per heavy atom. The average Bonchev–Trinajstić information content (AvgIpc) is 2.72. The molecule has 1 N–H and O–H groups in total. The monoisotopic (exact) mass is 486 g/mol. The first kappa shape index (κ1) is 22.1. The van der Waals surface area contributed by atoms with Crippen LogP contribution >= 0.6 is 15.9 Å². The third kappa shape index (κ3) is 5.29. The Kier molecular flexibility index (Phi) is 6.95. The zero-order valence-electron chi connectivity index (χ0n) is 16.8. The van der Waals surface area contributed by atoms with Crippen molar-refractivity contribution in [2.24, 2.45) is 0 Å². The number of amides is 1. The van der Waals surface area contributed by atoms with Gasteiger partial charge in [-0.25, -0.2) is 8.42 Å². The highest BCUT2D eigenvalue weighted by atomic mass is 79.9. The van der Waals surface area contributed by atoms with Crippen LogP contribution < -0.4 is 9.62 Å². The molecule has 0 aromatic heterocycles. The summed E-state index contributed by atoms with van der Waals surface area (Å²) in [6, 6.07) is 21.0. The smallest absolute Gasteiger partial charge is 0.264 e. The molecule has 3 rings (SSSR count). The number of carbonyl (C=O) groups is 1. The number of halogens is 1. The summed E-state index contributed by atoms with van der Waals surface area (Å²) in [5, 5.41) is 2.86. The molecule has 0 aliphatic carbocycles. The Morgan fingerprint density at radius 3 is 2.27 bits per heavy atom. The van der Waals surface area contributed by atoms with Gasteiger partial charge in [0, 0.05) is 23.1 Å². The van der Waals surface area contributed by atoms with E-state index in [1.807, 2.05) is 44.2 Å². The van der Waals surface area contributed by atoms with Crippen molar-refractivity contribution in [3.8, 4) is 0 Å². The Morgan fingerprint density at radius 2 is 1.63 bits per heavy atom. The number of anilines is 2. The number of benzene rings is 3. The molecule has 3 aromatic rings.